The van der Waals surface area contributed by atoms with Crippen LogP contribution in [0.3, 0.4) is 0 Å². The maximum atomic E-state index is 4.25. The molecule has 0 spiro atoms. The zero-order valence-corrected chi connectivity index (χ0v) is 6.44. The number of nitrogens with zero attached hydrogens (tertiary/aromatic N) is 4. The Morgan fingerprint density at radius 3 is 3.09 bits per heavy atom. The Labute approximate surface area is 63.9 Å². The molecule has 4 heteroatoms. The lowest BCUT2D eigenvalue weighted by atomic mass is 10.5. The second kappa shape index (κ2) is 2.02. The zero-order valence-electron chi connectivity index (χ0n) is 6.44. The summed E-state index contributed by atoms with van der Waals surface area (Å²) in [7, 11) is 1.86. The fourth-order valence-electron chi connectivity index (χ4n) is 1.01. The van der Waals surface area contributed by atoms with E-state index in [0.29, 0.717) is 5.65 Å². The summed E-state index contributed by atoms with van der Waals surface area (Å²) in [6.45, 7) is 1.92. The Balaban J connectivity index is 2.82. The number of aromatic nitrogens is 4. The molecule has 2 heterocycles. The van der Waals surface area contributed by atoms with Crippen LogP contribution in [0.25, 0.3) is 11.2 Å². The van der Waals surface area contributed by atoms with Crippen molar-refractivity contribution >= 4 is 11.2 Å². The molecular weight excluding hydrogens is 140 g/mol. The highest BCUT2D eigenvalue weighted by Gasteiger charge is 1.99. The van der Waals surface area contributed by atoms with Gasteiger partial charge >= 0.3 is 0 Å². The van der Waals surface area contributed by atoms with Crippen molar-refractivity contribution < 1.29 is 0 Å². The van der Waals surface area contributed by atoms with E-state index in [1.165, 1.54) is 0 Å². The van der Waals surface area contributed by atoms with Crippen molar-refractivity contribution in [2.75, 3.05) is 0 Å². The van der Waals surface area contributed by atoms with Crippen LogP contribution in [-0.4, -0.2) is 19.7 Å². The van der Waals surface area contributed by atoms with E-state index in [1.807, 2.05) is 20.2 Å². The lowest BCUT2D eigenvalue weighted by Gasteiger charge is -1.87. The Hall–Kier alpha value is -1.45. The quantitative estimate of drug-likeness (QED) is 0.551. The second-order valence-electron chi connectivity index (χ2n) is 2.52. The average molecular weight is 148 g/mol. The summed E-state index contributed by atoms with van der Waals surface area (Å²) in [6, 6.07) is 0. The van der Waals surface area contributed by atoms with E-state index in [2.05, 4.69) is 15.1 Å². The first-order valence-corrected chi connectivity index (χ1v) is 3.39. The standard InChI is InChI=1S/C7H8N4/c1-5-3-8-7-6(9-5)4-11(2)10-7/h3-4H,1-2H3. The molecule has 11 heavy (non-hydrogen) atoms. The first-order valence-electron chi connectivity index (χ1n) is 3.39. The van der Waals surface area contributed by atoms with Crippen molar-refractivity contribution in [3.8, 4) is 0 Å². The molecule has 2 aromatic heterocycles. The first-order chi connectivity index (χ1) is 5.25. The van der Waals surface area contributed by atoms with Crippen LogP contribution in [0.5, 0.6) is 0 Å². The maximum absolute atomic E-state index is 4.25. The summed E-state index contributed by atoms with van der Waals surface area (Å²) in [5.74, 6) is 0. The van der Waals surface area contributed by atoms with Gasteiger partial charge in [0.05, 0.1) is 18.1 Å². The van der Waals surface area contributed by atoms with Gasteiger partial charge in [-0.15, -0.1) is 0 Å². The predicted molar refractivity (Wildman–Crippen MR) is 41.0 cm³/mol. The number of hydrogen-bond acceptors (Lipinski definition) is 3. The average Bonchev–Trinajstić information content (AvgIpc) is 2.27. The lowest BCUT2D eigenvalue weighted by molar-refractivity contribution is 0.776. The van der Waals surface area contributed by atoms with Crippen molar-refractivity contribution in [2.45, 2.75) is 6.92 Å². The molecule has 0 aliphatic heterocycles. The molecule has 56 valence electrons. The van der Waals surface area contributed by atoms with Crippen LogP contribution in [0.15, 0.2) is 12.4 Å². The van der Waals surface area contributed by atoms with Gasteiger partial charge in [0, 0.05) is 7.05 Å². The molecule has 2 rings (SSSR count). The van der Waals surface area contributed by atoms with Crippen molar-refractivity contribution in [3.63, 3.8) is 0 Å². The highest BCUT2D eigenvalue weighted by Crippen LogP contribution is 2.04. The van der Waals surface area contributed by atoms with Crippen LogP contribution in [0.1, 0.15) is 5.69 Å². The third kappa shape index (κ3) is 0.960. The molecule has 0 N–H and O–H groups in total. The fourth-order valence-corrected chi connectivity index (χ4v) is 1.01. The van der Waals surface area contributed by atoms with E-state index in [0.717, 1.165) is 11.2 Å². The van der Waals surface area contributed by atoms with Crippen molar-refractivity contribution in [2.24, 2.45) is 7.05 Å². The molecule has 0 radical (unpaired) electrons. The summed E-state index contributed by atoms with van der Waals surface area (Å²) in [6.07, 6.45) is 3.57. The molecule has 0 aromatic carbocycles. The zero-order chi connectivity index (χ0) is 7.84. The van der Waals surface area contributed by atoms with Crippen LogP contribution in [-0.2, 0) is 7.05 Å². The molecule has 0 saturated heterocycles. The molecule has 0 atom stereocenters. The van der Waals surface area contributed by atoms with Gasteiger partial charge in [-0.1, -0.05) is 0 Å². The van der Waals surface area contributed by atoms with Crippen LogP contribution < -0.4 is 0 Å². The van der Waals surface area contributed by atoms with Gasteiger partial charge in [-0.2, -0.15) is 5.10 Å². The summed E-state index contributed by atoms with van der Waals surface area (Å²) in [5, 5.41) is 4.10. The first kappa shape index (κ1) is 6.27. The molecule has 0 saturated carbocycles. The van der Waals surface area contributed by atoms with Crippen LogP contribution in [0.4, 0.5) is 0 Å². The summed E-state index contributed by atoms with van der Waals surface area (Å²) in [5.41, 5.74) is 2.48. The third-order valence-corrected chi connectivity index (χ3v) is 1.46. The molecule has 0 fully saturated rings. The fraction of sp³-hybridized carbons (Fsp3) is 0.286. The number of rotatable bonds is 0. The van der Waals surface area contributed by atoms with Gasteiger partial charge in [0.1, 0.15) is 5.52 Å². The topological polar surface area (TPSA) is 43.6 Å². The van der Waals surface area contributed by atoms with Crippen LogP contribution in [0.2, 0.25) is 0 Å². The molecule has 0 aliphatic rings. The molecule has 0 aliphatic carbocycles. The molecule has 0 bridgehead atoms. The molecule has 2 aromatic rings. The van der Waals surface area contributed by atoms with Gasteiger partial charge in [0.2, 0.25) is 0 Å². The highest BCUT2D eigenvalue weighted by atomic mass is 15.3. The Bertz CT molecular complexity index is 390. The molecule has 0 unspecified atom stereocenters. The van der Waals surface area contributed by atoms with Gasteiger partial charge in [0.25, 0.3) is 0 Å². The molecule has 4 nitrogen and oxygen atoms in total. The second-order valence-corrected chi connectivity index (χ2v) is 2.52. The van der Waals surface area contributed by atoms with Crippen LogP contribution >= 0.6 is 0 Å². The Morgan fingerprint density at radius 1 is 1.45 bits per heavy atom. The van der Waals surface area contributed by atoms with E-state index >= 15 is 0 Å². The summed E-state index contributed by atoms with van der Waals surface area (Å²) < 4.78 is 1.71. The summed E-state index contributed by atoms with van der Waals surface area (Å²) >= 11 is 0. The van der Waals surface area contributed by atoms with Gasteiger partial charge in [0.15, 0.2) is 5.65 Å². The van der Waals surface area contributed by atoms with E-state index in [1.54, 1.807) is 10.9 Å². The Morgan fingerprint density at radius 2 is 2.27 bits per heavy atom. The van der Waals surface area contributed by atoms with E-state index in [4.69, 9.17) is 0 Å². The molecular formula is C7H8N4. The Kier molecular flexibility index (Phi) is 1.15. The summed E-state index contributed by atoms with van der Waals surface area (Å²) in [4.78, 5) is 8.36. The van der Waals surface area contributed by atoms with Crippen molar-refractivity contribution in [1.29, 1.82) is 0 Å². The van der Waals surface area contributed by atoms with Crippen LogP contribution in [0, 0.1) is 6.92 Å². The minimum absolute atomic E-state index is 0.707. The van der Waals surface area contributed by atoms with Gasteiger partial charge in [-0.3, -0.25) is 4.68 Å². The maximum Gasteiger partial charge on any atom is 0.199 e. The number of hydrogen-bond donors (Lipinski definition) is 0. The largest absolute Gasteiger partial charge is 0.271 e. The van der Waals surface area contributed by atoms with Crippen molar-refractivity contribution in [3.05, 3.63) is 18.1 Å². The van der Waals surface area contributed by atoms with E-state index in [9.17, 15) is 0 Å². The van der Waals surface area contributed by atoms with Gasteiger partial charge < -0.3 is 0 Å². The number of aryl methyl sites for hydroxylation is 2. The SMILES string of the molecule is Cc1cnc2nn(C)cc2n1. The normalized spacial score (nSPS) is 10.7. The smallest absolute Gasteiger partial charge is 0.199 e. The monoisotopic (exact) mass is 148 g/mol. The van der Waals surface area contributed by atoms with Gasteiger partial charge in [-0.25, -0.2) is 9.97 Å². The third-order valence-electron chi connectivity index (χ3n) is 1.46. The minimum Gasteiger partial charge on any atom is -0.271 e. The van der Waals surface area contributed by atoms with Gasteiger partial charge in [-0.05, 0) is 6.92 Å². The van der Waals surface area contributed by atoms with E-state index in [-0.39, 0.29) is 0 Å². The van der Waals surface area contributed by atoms with E-state index < -0.39 is 0 Å². The molecule has 0 amide bonds. The minimum atomic E-state index is 0.707. The lowest BCUT2D eigenvalue weighted by Crippen LogP contribution is -1.86. The highest BCUT2D eigenvalue weighted by molar-refractivity contribution is 5.68. The predicted octanol–water partition coefficient (Wildman–Crippen LogP) is 0.672. The van der Waals surface area contributed by atoms with Crippen molar-refractivity contribution in [1.82, 2.24) is 19.7 Å². The number of fused-ring (bicyclic) bond motifs is 1.